The summed E-state index contributed by atoms with van der Waals surface area (Å²) >= 11 is 0. The molecule has 15 heavy (non-hydrogen) atoms. The number of hydrogen-bond donors (Lipinski definition) is 3. The Hall–Kier alpha value is -1.11. The molecule has 6 heteroatoms. The van der Waals surface area contributed by atoms with Crippen LogP contribution >= 0.6 is 0 Å². The number of sulfonamides is 1. The number of nitrogens with two attached hydrogens (primary N) is 2. The highest BCUT2D eigenvalue weighted by Gasteiger charge is 2.14. The van der Waals surface area contributed by atoms with Crippen LogP contribution < -0.4 is 10.9 Å². The van der Waals surface area contributed by atoms with Crippen molar-refractivity contribution in [2.75, 3.05) is 0 Å². The van der Waals surface area contributed by atoms with Crippen molar-refractivity contribution in [3.05, 3.63) is 23.8 Å². The maximum absolute atomic E-state index is 11.1. The number of primary sulfonamides is 1. The molecule has 1 aromatic rings. The van der Waals surface area contributed by atoms with Crippen molar-refractivity contribution in [1.82, 2.24) is 0 Å². The van der Waals surface area contributed by atoms with Crippen molar-refractivity contribution >= 4 is 10.0 Å². The van der Waals surface area contributed by atoms with Crippen molar-refractivity contribution in [3.63, 3.8) is 0 Å². The quantitative estimate of drug-likeness (QED) is 0.675. The predicted octanol–water partition coefficient (Wildman–Crippen LogP) is -0.0707. The summed E-state index contributed by atoms with van der Waals surface area (Å²) in [5.41, 5.74) is 6.31. The Bertz CT molecular complexity index is 454. The van der Waals surface area contributed by atoms with E-state index in [1.54, 1.807) is 6.07 Å². The molecule has 0 bridgehead atoms. The summed E-state index contributed by atoms with van der Waals surface area (Å²) in [5.74, 6) is -0.342. The van der Waals surface area contributed by atoms with Gasteiger partial charge in [0.25, 0.3) is 0 Å². The fraction of sp³-hybridized carbons (Fsp3) is 0.333. The molecule has 1 rings (SSSR count). The zero-order valence-corrected chi connectivity index (χ0v) is 9.16. The van der Waals surface area contributed by atoms with Crippen molar-refractivity contribution in [2.24, 2.45) is 10.9 Å². The number of phenols is 1. The second-order valence-corrected chi connectivity index (χ2v) is 5.06. The highest BCUT2D eigenvalue weighted by atomic mass is 32.2. The average Bonchev–Trinajstić information content (AvgIpc) is 2.05. The molecule has 1 aromatic carbocycles. The lowest BCUT2D eigenvalue weighted by molar-refractivity contribution is 0.458. The van der Waals surface area contributed by atoms with Crippen LogP contribution in [-0.2, 0) is 16.4 Å². The van der Waals surface area contributed by atoms with Gasteiger partial charge in [0, 0.05) is 6.04 Å². The lowest BCUT2D eigenvalue weighted by atomic mass is 10.1. The van der Waals surface area contributed by atoms with Gasteiger partial charge in [0.15, 0.2) is 0 Å². The lowest BCUT2D eigenvalue weighted by Crippen LogP contribution is -2.18. The summed E-state index contributed by atoms with van der Waals surface area (Å²) in [6.45, 7) is 1.81. The van der Waals surface area contributed by atoms with Crippen LogP contribution in [-0.4, -0.2) is 19.6 Å². The van der Waals surface area contributed by atoms with Crippen LogP contribution in [0.4, 0.5) is 0 Å². The van der Waals surface area contributed by atoms with E-state index < -0.39 is 10.0 Å². The first kappa shape index (κ1) is 12.0. The number of aromatic hydroxyl groups is 1. The van der Waals surface area contributed by atoms with E-state index in [-0.39, 0.29) is 16.7 Å². The van der Waals surface area contributed by atoms with E-state index in [0.717, 1.165) is 5.56 Å². The van der Waals surface area contributed by atoms with Gasteiger partial charge in [-0.3, -0.25) is 0 Å². The number of hydrogen-bond acceptors (Lipinski definition) is 4. The third kappa shape index (κ3) is 3.19. The average molecular weight is 230 g/mol. The molecule has 0 heterocycles. The zero-order valence-electron chi connectivity index (χ0n) is 8.34. The molecule has 1 unspecified atom stereocenters. The molecule has 0 spiro atoms. The second kappa shape index (κ2) is 4.18. The van der Waals surface area contributed by atoms with E-state index in [4.69, 9.17) is 10.9 Å². The largest absolute Gasteiger partial charge is 0.507 e. The van der Waals surface area contributed by atoms with Gasteiger partial charge in [-0.2, -0.15) is 0 Å². The molecule has 5 N–H and O–H groups in total. The summed E-state index contributed by atoms with van der Waals surface area (Å²) in [6.07, 6.45) is 0.531. The van der Waals surface area contributed by atoms with Crippen LogP contribution in [0.25, 0.3) is 0 Å². The van der Waals surface area contributed by atoms with Crippen LogP contribution in [0.1, 0.15) is 12.5 Å². The van der Waals surface area contributed by atoms with Gasteiger partial charge in [-0.15, -0.1) is 0 Å². The Balaban J connectivity index is 3.18. The van der Waals surface area contributed by atoms with Crippen molar-refractivity contribution in [1.29, 1.82) is 0 Å². The van der Waals surface area contributed by atoms with Gasteiger partial charge >= 0.3 is 0 Å². The van der Waals surface area contributed by atoms with Gasteiger partial charge in [0.05, 0.1) is 0 Å². The molecule has 0 saturated carbocycles. The smallest absolute Gasteiger partial charge is 0.241 e. The van der Waals surface area contributed by atoms with E-state index >= 15 is 0 Å². The van der Waals surface area contributed by atoms with Crippen molar-refractivity contribution in [3.8, 4) is 5.75 Å². The maximum atomic E-state index is 11.1. The van der Waals surface area contributed by atoms with Gasteiger partial charge in [0.1, 0.15) is 10.6 Å². The third-order valence-electron chi connectivity index (χ3n) is 1.89. The normalized spacial score (nSPS) is 13.8. The zero-order chi connectivity index (χ0) is 11.6. The Labute approximate surface area is 88.8 Å². The summed E-state index contributed by atoms with van der Waals surface area (Å²) in [7, 11) is -3.88. The van der Waals surface area contributed by atoms with Crippen molar-refractivity contribution < 1.29 is 13.5 Å². The first-order valence-electron chi connectivity index (χ1n) is 4.41. The van der Waals surface area contributed by atoms with Gasteiger partial charge < -0.3 is 10.8 Å². The highest BCUT2D eigenvalue weighted by molar-refractivity contribution is 7.89. The minimum absolute atomic E-state index is 0.0807. The first-order valence-corrected chi connectivity index (χ1v) is 5.95. The standard InChI is InChI=1S/C9H14N2O3S/c1-6(10)4-7-2-3-8(12)9(5-7)15(11,13)14/h2-3,5-6,12H,4,10H2,1H3,(H2,11,13,14). The first-order chi connectivity index (χ1) is 6.80. The molecule has 1 atom stereocenters. The summed E-state index contributed by atoms with van der Waals surface area (Å²) in [4.78, 5) is -0.263. The van der Waals surface area contributed by atoms with E-state index in [1.807, 2.05) is 6.92 Å². The van der Waals surface area contributed by atoms with Crippen LogP contribution in [0.15, 0.2) is 23.1 Å². The predicted molar refractivity (Wildman–Crippen MR) is 56.8 cm³/mol. The molecule has 5 nitrogen and oxygen atoms in total. The Morgan fingerprint density at radius 1 is 1.47 bits per heavy atom. The van der Waals surface area contributed by atoms with Crippen LogP contribution in [0.5, 0.6) is 5.75 Å². The summed E-state index contributed by atoms with van der Waals surface area (Å²) in [5, 5.41) is 14.3. The van der Waals surface area contributed by atoms with E-state index in [9.17, 15) is 13.5 Å². The van der Waals surface area contributed by atoms with E-state index in [2.05, 4.69) is 0 Å². The van der Waals surface area contributed by atoms with Gasteiger partial charge in [-0.25, -0.2) is 13.6 Å². The topological polar surface area (TPSA) is 106 Å². The molecular formula is C9H14N2O3S. The Morgan fingerprint density at radius 3 is 2.53 bits per heavy atom. The number of benzene rings is 1. The fourth-order valence-electron chi connectivity index (χ4n) is 1.29. The monoisotopic (exact) mass is 230 g/mol. The molecule has 0 amide bonds. The van der Waals surface area contributed by atoms with Gasteiger partial charge in [0.2, 0.25) is 10.0 Å². The molecule has 84 valence electrons. The Morgan fingerprint density at radius 2 is 2.07 bits per heavy atom. The van der Waals surface area contributed by atoms with Gasteiger partial charge in [-0.1, -0.05) is 6.07 Å². The highest BCUT2D eigenvalue weighted by Crippen LogP contribution is 2.22. The molecule has 0 radical (unpaired) electrons. The molecule has 0 aliphatic rings. The number of rotatable bonds is 3. The van der Waals surface area contributed by atoms with E-state index in [0.29, 0.717) is 6.42 Å². The minimum atomic E-state index is -3.88. The Kier molecular flexibility index (Phi) is 3.33. The van der Waals surface area contributed by atoms with Gasteiger partial charge in [-0.05, 0) is 31.0 Å². The lowest BCUT2D eigenvalue weighted by Gasteiger charge is -2.08. The third-order valence-corrected chi connectivity index (χ3v) is 2.83. The molecule has 0 aliphatic carbocycles. The minimum Gasteiger partial charge on any atom is -0.507 e. The van der Waals surface area contributed by atoms with Crippen LogP contribution in [0.3, 0.4) is 0 Å². The van der Waals surface area contributed by atoms with E-state index in [1.165, 1.54) is 12.1 Å². The SMILES string of the molecule is CC(N)Cc1ccc(O)c(S(N)(=O)=O)c1. The fourth-order valence-corrected chi connectivity index (χ4v) is 1.96. The van der Waals surface area contributed by atoms with Crippen LogP contribution in [0.2, 0.25) is 0 Å². The maximum Gasteiger partial charge on any atom is 0.241 e. The van der Waals surface area contributed by atoms with Crippen molar-refractivity contribution in [2.45, 2.75) is 24.3 Å². The molecule has 0 saturated heterocycles. The summed E-state index contributed by atoms with van der Waals surface area (Å²) in [6, 6.07) is 4.18. The summed E-state index contributed by atoms with van der Waals surface area (Å²) < 4.78 is 22.2. The molecule has 0 aliphatic heterocycles. The second-order valence-electron chi connectivity index (χ2n) is 3.53. The molecular weight excluding hydrogens is 216 g/mol. The van der Waals surface area contributed by atoms with Crippen LogP contribution in [0, 0.1) is 0 Å². The molecule has 0 fully saturated rings. The number of phenolic OH excluding ortho intramolecular Hbond substituents is 1. The molecule has 0 aromatic heterocycles.